The third-order valence-electron chi connectivity index (χ3n) is 1.73. The van der Waals surface area contributed by atoms with E-state index >= 15 is 0 Å². The summed E-state index contributed by atoms with van der Waals surface area (Å²) in [5, 5.41) is 15.1. The average molecular weight is 177 g/mol. The lowest BCUT2D eigenvalue weighted by molar-refractivity contribution is -0.0101. The number of halogens is 1. The van der Waals surface area contributed by atoms with Crippen LogP contribution in [0.1, 0.15) is 20.8 Å². The summed E-state index contributed by atoms with van der Waals surface area (Å²) in [4.78, 5) is -0.732. The van der Waals surface area contributed by atoms with Crippen LogP contribution >= 0.6 is 11.6 Å². The predicted molar refractivity (Wildman–Crippen MR) is 45.7 cm³/mol. The number of hydrogen-bond acceptors (Lipinski definition) is 3. The fraction of sp³-hybridized carbons (Fsp3) is 0.857. The van der Waals surface area contributed by atoms with Crippen LogP contribution in [0.3, 0.4) is 0 Å². The van der Waals surface area contributed by atoms with E-state index < -0.39 is 11.1 Å². The van der Waals surface area contributed by atoms with Gasteiger partial charge in [0.2, 0.25) is 0 Å². The van der Waals surface area contributed by atoms with Crippen LogP contribution in [0.4, 0.5) is 0 Å². The van der Waals surface area contributed by atoms with Gasteiger partial charge in [0.05, 0.1) is 0 Å². The van der Waals surface area contributed by atoms with E-state index in [1.165, 1.54) is 0 Å². The first kappa shape index (κ1) is 8.81. The molecule has 11 heavy (non-hydrogen) atoms. The molecule has 3 nitrogen and oxygen atoms in total. The zero-order chi connectivity index (χ0) is 8.65. The molecule has 0 amide bonds. The first-order valence-electron chi connectivity index (χ1n) is 3.65. The molecule has 1 rings (SSSR count). The van der Waals surface area contributed by atoms with Crippen molar-refractivity contribution in [2.75, 3.05) is 0 Å². The SMILES string of the molecule is CC(C)N1N=C[C@@](C)(Cl)C1O. The van der Waals surface area contributed by atoms with E-state index in [0.717, 1.165) is 0 Å². The highest BCUT2D eigenvalue weighted by Crippen LogP contribution is 2.27. The summed E-state index contributed by atoms with van der Waals surface area (Å²) in [6.07, 6.45) is 0.864. The number of hydrogen-bond donors (Lipinski definition) is 1. The second kappa shape index (κ2) is 2.64. The molecule has 0 spiro atoms. The molecule has 1 aliphatic heterocycles. The topological polar surface area (TPSA) is 35.8 Å². The second-order valence-corrected chi connectivity index (χ2v) is 4.06. The van der Waals surface area contributed by atoms with Crippen molar-refractivity contribution in [3.05, 3.63) is 0 Å². The van der Waals surface area contributed by atoms with E-state index in [1.807, 2.05) is 13.8 Å². The number of aliphatic hydroxyl groups is 1. The van der Waals surface area contributed by atoms with Gasteiger partial charge in [-0.1, -0.05) is 0 Å². The maximum Gasteiger partial charge on any atom is 0.166 e. The van der Waals surface area contributed by atoms with E-state index in [9.17, 15) is 5.11 Å². The Labute approximate surface area is 71.6 Å². The average Bonchev–Trinajstić information content (AvgIpc) is 2.09. The van der Waals surface area contributed by atoms with Gasteiger partial charge in [0.1, 0.15) is 4.87 Å². The van der Waals surface area contributed by atoms with Crippen LogP contribution in [0, 0.1) is 0 Å². The highest BCUT2D eigenvalue weighted by molar-refractivity contribution is 6.32. The molecule has 0 radical (unpaired) electrons. The Hall–Kier alpha value is -0.280. The maximum absolute atomic E-state index is 9.56. The van der Waals surface area contributed by atoms with Gasteiger partial charge in [0.15, 0.2) is 6.23 Å². The first-order chi connectivity index (χ1) is 4.95. The standard InChI is InChI=1S/C7H13ClN2O/c1-5(2)10-6(11)7(3,8)4-9-10/h4-6,11H,1-3H3/t6?,7-/m1/s1. The maximum atomic E-state index is 9.56. The zero-order valence-corrected chi connectivity index (χ0v) is 7.71. The normalized spacial score (nSPS) is 37.3. The van der Waals surface area contributed by atoms with Crippen molar-refractivity contribution in [3.63, 3.8) is 0 Å². The Morgan fingerprint density at radius 1 is 1.73 bits per heavy atom. The number of hydrazone groups is 1. The van der Waals surface area contributed by atoms with Crippen molar-refractivity contribution in [1.82, 2.24) is 5.01 Å². The molecule has 1 unspecified atom stereocenters. The minimum absolute atomic E-state index is 0.182. The van der Waals surface area contributed by atoms with E-state index in [1.54, 1.807) is 18.1 Å². The van der Waals surface area contributed by atoms with Crippen LogP contribution < -0.4 is 0 Å². The number of alkyl halides is 1. The molecule has 1 aliphatic rings. The summed E-state index contributed by atoms with van der Waals surface area (Å²) >= 11 is 5.92. The van der Waals surface area contributed by atoms with Gasteiger partial charge in [0.25, 0.3) is 0 Å². The van der Waals surface area contributed by atoms with E-state index in [-0.39, 0.29) is 6.04 Å². The quantitative estimate of drug-likeness (QED) is 0.606. The Balaban J connectivity index is 2.72. The fourth-order valence-corrected chi connectivity index (χ4v) is 1.13. The molecule has 4 heteroatoms. The molecule has 64 valence electrons. The van der Waals surface area contributed by atoms with Crippen LogP contribution in [-0.2, 0) is 0 Å². The van der Waals surface area contributed by atoms with Crippen molar-refractivity contribution < 1.29 is 5.11 Å². The van der Waals surface area contributed by atoms with Crippen molar-refractivity contribution in [1.29, 1.82) is 0 Å². The highest BCUT2D eigenvalue weighted by atomic mass is 35.5. The van der Waals surface area contributed by atoms with Gasteiger partial charge in [0, 0.05) is 12.3 Å². The second-order valence-electron chi connectivity index (χ2n) is 3.24. The molecule has 0 aromatic carbocycles. The fourth-order valence-electron chi connectivity index (χ4n) is 0.984. The van der Waals surface area contributed by atoms with Crippen molar-refractivity contribution in [2.24, 2.45) is 5.10 Å². The van der Waals surface area contributed by atoms with E-state index in [4.69, 9.17) is 11.6 Å². The van der Waals surface area contributed by atoms with Crippen LogP contribution in [0.15, 0.2) is 5.10 Å². The first-order valence-corrected chi connectivity index (χ1v) is 4.03. The molecule has 2 atom stereocenters. The summed E-state index contributed by atoms with van der Waals surface area (Å²) in [5.41, 5.74) is 0. The van der Waals surface area contributed by atoms with Crippen LogP contribution in [-0.4, -0.2) is 33.5 Å². The molecule has 1 heterocycles. The zero-order valence-electron chi connectivity index (χ0n) is 6.95. The van der Waals surface area contributed by atoms with E-state index in [2.05, 4.69) is 5.10 Å². The molecular formula is C7H13ClN2O. The van der Waals surface area contributed by atoms with Gasteiger partial charge in [-0.3, -0.25) is 5.01 Å². The van der Waals surface area contributed by atoms with Crippen LogP contribution in [0.5, 0.6) is 0 Å². The molecule has 0 saturated carbocycles. The lowest BCUT2D eigenvalue weighted by Gasteiger charge is -2.28. The van der Waals surface area contributed by atoms with Gasteiger partial charge in [-0.05, 0) is 20.8 Å². The summed E-state index contributed by atoms with van der Waals surface area (Å²) in [6, 6.07) is 0.182. The highest BCUT2D eigenvalue weighted by Gasteiger charge is 2.39. The number of aliphatic hydroxyl groups excluding tert-OH is 1. The molecule has 0 aromatic heterocycles. The molecule has 0 fully saturated rings. The number of nitrogens with zero attached hydrogens (tertiary/aromatic N) is 2. The van der Waals surface area contributed by atoms with Crippen molar-refractivity contribution >= 4 is 17.8 Å². The Morgan fingerprint density at radius 3 is 2.45 bits per heavy atom. The molecule has 0 bridgehead atoms. The smallest absolute Gasteiger partial charge is 0.166 e. The van der Waals surface area contributed by atoms with Gasteiger partial charge in [-0.25, -0.2) is 0 Å². The minimum Gasteiger partial charge on any atom is -0.370 e. The van der Waals surface area contributed by atoms with Gasteiger partial charge in [-0.2, -0.15) is 5.10 Å². The largest absolute Gasteiger partial charge is 0.370 e. The van der Waals surface area contributed by atoms with Crippen LogP contribution in [0.25, 0.3) is 0 Å². The minimum atomic E-state index is -0.732. The molecule has 0 aliphatic carbocycles. The Bertz CT molecular complexity index is 179. The Morgan fingerprint density at radius 2 is 2.27 bits per heavy atom. The van der Waals surface area contributed by atoms with Gasteiger partial charge in [-0.15, -0.1) is 11.6 Å². The molecule has 0 saturated heterocycles. The lowest BCUT2D eigenvalue weighted by Crippen LogP contribution is -2.43. The van der Waals surface area contributed by atoms with Crippen molar-refractivity contribution in [3.8, 4) is 0 Å². The summed E-state index contributed by atoms with van der Waals surface area (Å²) in [5.74, 6) is 0. The third-order valence-corrected chi connectivity index (χ3v) is 2.02. The van der Waals surface area contributed by atoms with Gasteiger partial charge >= 0.3 is 0 Å². The monoisotopic (exact) mass is 176 g/mol. The predicted octanol–water partition coefficient (Wildman–Crippen LogP) is 1.01. The lowest BCUT2D eigenvalue weighted by atomic mass is 10.1. The summed E-state index contributed by atoms with van der Waals surface area (Å²) < 4.78 is 0. The molecular weight excluding hydrogens is 164 g/mol. The summed E-state index contributed by atoms with van der Waals surface area (Å²) in [7, 11) is 0. The van der Waals surface area contributed by atoms with Gasteiger partial charge < -0.3 is 5.11 Å². The van der Waals surface area contributed by atoms with E-state index in [0.29, 0.717) is 0 Å². The van der Waals surface area contributed by atoms with Crippen molar-refractivity contribution in [2.45, 2.75) is 37.9 Å². The summed E-state index contributed by atoms with van der Waals surface area (Å²) in [6.45, 7) is 5.66. The Kier molecular flexibility index (Phi) is 2.12. The molecule has 1 N–H and O–H groups in total. The third kappa shape index (κ3) is 1.49. The molecule has 0 aromatic rings. The van der Waals surface area contributed by atoms with Crippen LogP contribution in [0.2, 0.25) is 0 Å². The number of rotatable bonds is 1.